The van der Waals surface area contributed by atoms with Crippen LogP contribution in [0, 0.1) is 0 Å². The lowest BCUT2D eigenvalue weighted by molar-refractivity contribution is 0.653. The SMILES string of the molecule is Cn1cnc(CNCCN)n1. The fourth-order valence-electron chi connectivity index (χ4n) is 0.767. The first-order valence-corrected chi connectivity index (χ1v) is 3.58. The van der Waals surface area contributed by atoms with Crippen LogP contribution in [0.15, 0.2) is 6.33 Å². The molecule has 0 aliphatic carbocycles. The smallest absolute Gasteiger partial charge is 0.164 e. The van der Waals surface area contributed by atoms with Crippen LogP contribution in [0.2, 0.25) is 0 Å². The number of nitrogens with one attached hydrogen (secondary N) is 1. The van der Waals surface area contributed by atoms with E-state index >= 15 is 0 Å². The van der Waals surface area contributed by atoms with Gasteiger partial charge in [-0.15, -0.1) is 0 Å². The summed E-state index contributed by atoms with van der Waals surface area (Å²) in [4.78, 5) is 4.04. The molecule has 0 aliphatic rings. The van der Waals surface area contributed by atoms with Crippen LogP contribution >= 0.6 is 0 Å². The number of nitrogens with two attached hydrogens (primary N) is 1. The molecule has 1 heterocycles. The molecule has 0 amide bonds. The molecule has 0 aromatic carbocycles. The topological polar surface area (TPSA) is 68.8 Å². The van der Waals surface area contributed by atoms with Crippen LogP contribution in [0.3, 0.4) is 0 Å². The van der Waals surface area contributed by atoms with Crippen molar-refractivity contribution in [2.75, 3.05) is 13.1 Å². The Hall–Kier alpha value is -0.940. The van der Waals surface area contributed by atoms with E-state index in [0.717, 1.165) is 12.4 Å². The van der Waals surface area contributed by atoms with Crippen molar-refractivity contribution in [3.63, 3.8) is 0 Å². The predicted molar refractivity (Wildman–Crippen MR) is 41.8 cm³/mol. The Labute approximate surface area is 65.6 Å². The van der Waals surface area contributed by atoms with Crippen LogP contribution in [0.5, 0.6) is 0 Å². The lowest BCUT2D eigenvalue weighted by Gasteiger charge is -1.96. The second-order valence-electron chi connectivity index (χ2n) is 2.30. The molecule has 3 N–H and O–H groups in total. The van der Waals surface area contributed by atoms with Gasteiger partial charge in [-0.2, -0.15) is 5.10 Å². The number of aromatic nitrogens is 3. The van der Waals surface area contributed by atoms with E-state index < -0.39 is 0 Å². The Bertz CT molecular complexity index is 206. The summed E-state index contributed by atoms with van der Waals surface area (Å²) in [6, 6.07) is 0. The van der Waals surface area contributed by atoms with E-state index in [-0.39, 0.29) is 0 Å². The summed E-state index contributed by atoms with van der Waals surface area (Å²) >= 11 is 0. The molecule has 0 saturated heterocycles. The Morgan fingerprint density at radius 2 is 2.55 bits per heavy atom. The molecule has 1 rings (SSSR count). The molecule has 0 spiro atoms. The summed E-state index contributed by atoms with van der Waals surface area (Å²) in [6.07, 6.45) is 1.68. The number of hydrogen-bond donors (Lipinski definition) is 2. The Morgan fingerprint density at radius 3 is 3.09 bits per heavy atom. The fourth-order valence-corrected chi connectivity index (χ4v) is 0.767. The monoisotopic (exact) mass is 155 g/mol. The van der Waals surface area contributed by atoms with Gasteiger partial charge in [0.25, 0.3) is 0 Å². The molecule has 1 aromatic rings. The summed E-state index contributed by atoms with van der Waals surface area (Å²) in [7, 11) is 1.85. The van der Waals surface area contributed by atoms with Gasteiger partial charge in [0.15, 0.2) is 5.82 Å². The first-order valence-electron chi connectivity index (χ1n) is 3.58. The molecule has 0 saturated carbocycles. The van der Waals surface area contributed by atoms with Gasteiger partial charge in [-0.3, -0.25) is 4.68 Å². The summed E-state index contributed by atoms with van der Waals surface area (Å²) in [5.74, 6) is 0.806. The van der Waals surface area contributed by atoms with Crippen molar-refractivity contribution in [3.8, 4) is 0 Å². The number of aryl methyl sites for hydroxylation is 1. The van der Waals surface area contributed by atoms with E-state index in [2.05, 4.69) is 15.4 Å². The van der Waals surface area contributed by atoms with Crippen molar-refractivity contribution in [2.45, 2.75) is 6.54 Å². The van der Waals surface area contributed by atoms with Crippen LogP contribution < -0.4 is 11.1 Å². The van der Waals surface area contributed by atoms with Gasteiger partial charge in [0.1, 0.15) is 6.33 Å². The highest BCUT2D eigenvalue weighted by atomic mass is 15.3. The maximum absolute atomic E-state index is 5.29. The van der Waals surface area contributed by atoms with E-state index in [1.807, 2.05) is 7.05 Å². The van der Waals surface area contributed by atoms with Crippen molar-refractivity contribution < 1.29 is 0 Å². The molecule has 0 fully saturated rings. The Kier molecular flexibility index (Phi) is 3.00. The average molecular weight is 155 g/mol. The first-order chi connectivity index (χ1) is 5.33. The zero-order valence-corrected chi connectivity index (χ0v) is 6.62. The Morgan fingerprint density at radius 1 is 1.73 bits per heavy atom. The van der Waals surface area contributed by atoms with Crippen molar-refractivity contribution in [3.05, 3.63) is 12.2 Å². The highest BCUT2D eigenvalue weighted by Crippen LogP contribution is 1.84. The molecule has 62 valence electrons. The molecule has 0 aliphatic heterocycles. The Balaban J connectivity index is 2.27. The normalized spacial score (nSPS) is 10.4. The molecular formula is C6H13N5. The van der Waals surface area contributed by atoms with Gasteiger partial charge >= 0.3 is 0 Å². The largest absolute Gasteiger partial charge is 0.329 e. The molecule has 0 unspecified atom stereocenters. The van der Waals surface area contributed by atoms with Crippen molar-refractivity contribution >= 4 is 0 Å². The molecule has 0 atom stereocenters. The standard InChI is InChI=1S/C6H13N5/c1-11-5-9-6(10-11)4-8-3-2-7/h5,8H,2-4,7H2,1H3. The minimum atomic E-state index is 0.646. The van der Waals surface area contributed by atoms with E-state index in [9.17, 15) is 0 Å². The third kappa shape index (κ3) is 2.65. The van der Waals surface area contributed by atoms with Gasteiger partial charge in [-0.25, -0.2) is 4.98 Å². The quantitative estimate of drug-likeness (QED) is 0.539. The van der Waals surface area contributed by atoms with E-state index in [0.29, 0.717) is 13.1 Å². The van der Waals surface area contributed by atoms with Crippen molar-refractivity contribution in [1.82, 2.24) is 20.1 Å². The van der Waals surface area contributed by atoms with E-state index in [1.165, 1.54) is 0 Å². The third-order valence-corrected chi connectivity index (χ3v) is 1.25. The number of rotatable bonds is 4. The van der Waals surface area contributed by atoms with Gasteiger partial charge in [-0.05, 0) is 0 Å². The highest BCUT2D eigenvalue weighted by Gasteiger charge is 1.95. The van der Waals surface area contributed by atoms with Crippen LogP contribution in [-0.2, 0) is 13.6 Å². The number of nitrogens with zero attached hydrogens (tertiary/aromatic N) is 3. The maximum atomic E-state index is 5.29. The first kappa shape index (κ1) is 8.16. The van der Waals surface area contributed by atoms with Gasteiger partial charge in [0, 0.05) is 20.1 Å². The highest BCUT2D eigenvalue weighted by molar-refractivity contribution is 4.79. The molecule has 5 heteroatoms. The summed E-state index contributed by atoms with van der Waals surface area (Å²) in [6.45, 7) is 2.14. The second-order valence-corrected chi connectivity index (χ2v) is 2.30. The van der Waals surface area contributed by atoms with Crippen LogP contribution in [-0.4, -0.2) is 27.9 Å². The minimum Gasteiger partial charge on any atom is -0.329 e. The molecule has 5 nitrogen and oxygen atoms in total. The van der Waals surface area contributed by atoms with Gasteiger partial charge in [0.2, 0.25) is 0 Å². The summed E-state index contributed by atoms with van der Waals surface area (Å²) < 4.78 is 1.68. The zero-order valence-electron chi connectivity index (χ0n) is 6.62. The maximum Gasteiger partial charge on any atom is 0.164 e. The van der Waals surface area contributed by atoms with Crippen LogP contribution in [0.4, 0.5) is 0 Å². The lowest BCUT2D eigenvalue weighted by atomic mass is 10.5. The molecular weight excluding hydrogens is 142 g/mol. The second kappa shape index (κ2) is 4.05. The molecule has 0 bridgehead atoms. The molecule has 1 aromatic heterocycles. The van der Waals surface area contributed by atoms with E-state index in [1.54, 1.807) is 11.0 Å². The average Bonchev–Trinajstić information content (AvgIpc) is 2.37. The van der Waals surface area contributed by atoms with Crippen LogP contribution in [0.25, 0.3) is 0 Å². The minimum absolute atomic E-state index is 0.646. The molecule has 0 radical (unpaired) electrons. The summed E-state index contributed by atoms with van der Waals surface area (Å²) in [5, 5.41) is 7.19. The fraction of sp³-hybridized carbons (Fsp3) is 0.667. The molecule has 11 heavy (non-hydrogen) atoms. The van der Waals surface area contributed by atoms with Gasteiger partial charge in [-0.1, -0.05) is 0 Å². The number of hydrogen-bond acceptors (Lipinski definition) is 4. The zero-order chi connectivity index (χ0) is 8.10. The van der Waals surface area contributed by atoms with Gasteiger partial charge < -0.3 is 11.1 Å². The lowest BCUT2D eigenvalue weighted by Crippen LogP contribution is -2.22. The third-order valence-electron chi connectivity index (χ3n) is 1.25. The van der Waals surface area contributed by atoms with Crippen molar-refractivity contribution in [1.29, 1.82) is 0 Å². The van der Waals surface area contributed by atoms with Crippen LogP contribution in [0.1, 0.15) is 5.82 Å². The predicted octanol–water partition coefficient (Wildman–Crippen LogP) is -1.14. The van der Waals surface area contributed by atoms with Crippen molar-refractivity contribution in [2.24, 2.45) is 12.8 Å². The van der Waals surface area contributed by atoms with Gasteiger partial charge in [0.05, 0.1) is 6.54 Å². The summed E-state index contributed by atoms with van der Waals surface area (Å²) in [5.41, 5.74) is 5.29. The van der Waals surface area contributed by atoms with E-state index in [4.69, 9.17) is 5.73 Å².